The zero-order valence-electron chi connectivity index (χ0n) is 12.2. The number of nitrogens with zero attached hydrogens (tertiary/aromatic N) is 1. The van der Waals surface area contributed by atoms with Crippen LogP contribution in [0.5, 0.6) is 0 Å². The summed E-state index contributed by atoms with van der Waals surface area (Å²) in [5.41, 5.74) is 2.22. The molecule has 4 rings (SSSR count). The monoisotopic (exact) mass is 292 g/mol. The lowest BCUT2D eigenvalue weighted by molar-refractivity contribution is -0.136. The predicted octanol–water partition coefficient (Wildman–Crippen LogP) is 2.36. The summed E-state index contributed by atoms with van der Waals surface area (Å²) in [6.07, 6.45) is 0.481. The van der Waals surface area contributed by atoms with Gasteiger partial charge in [0.05, 0.1) is 5.54 Å². The van der Waals surface area contributed by atoms with Crippen molar-refractivity contribution in [3.05, 3.63) is 65.7 Å². The molecule has 2 bridgehead atoms. The predicted molar refractivity (Wildman–Crippen MR) is 83.2 cm³/mol. The Balaban J connectivity index is 2.05. The van der Waals surface area contributed by atoms with E-state index in [1.807, 2.05) is 54.6 Å². The molecule has 4 heteroatoms. The molecule has 0 aromatic heterocycles. The lowest BCUT2D eigenvalue weighted by Gasteiger charge is -2.38. The van der Waals surface area contributed by atoms with Crippen molar-refractivity contribution in [1.82, 2.24) is 4.90 Å². The van der Waals surface area contributed by atoms with Crippen molar-refractivity contribution in [2.24, 2.45) is 5.92 Å². The highest BCUT2D eigenvalue weighted by molar-refractivity contribution is 6.10. The summed E-state index contributed by atoms with van der Waals surface area (Å²) in [6.45, 7) is 0. The fraction of sp³-hybridized carbons (Fsp3) is 0.222. The Kier molecular flexibility index (Phi) is 2.64. The van der Waals surface area contributed by atoms with E-state index in [4.69, 9.17) is 0 Å². The molecule has 0 saturated carbocycles. The molecular formula is C18H16N2O2. The second-order valence-corrected chi connectivity index (χ2v) is 5.92. The van der Waals surface area contributed by atoms with Gasteiger partial charge in [-0.2, -0.15) is 0 Å². The van der Waals surface area contributed by atoms with Crippen LogP contribution >= 0.6 is 0 Å². The van der Waals surface area contributed by atoms with Crippen molar-refractivity contribution < 1.29 is 9.59 Å². The number of hydrogen-bond acceptors (Lipinski definition) is 2. The van der Waals surface area contributed by atoms with E-state index in [1.54, 1.807) is 11.9 Å². The maximum Gasteiger partial charge on any atom is 0.237 e. The second kappa shape index (κ2) is 4.44. The van der Waals surface area contributed by atoms with Crippen LogP contribution in [0.25, 0.3) is 0 Å². The molecule has 1 saturated heterocycles. The number of para-hydroxylation sites is 1. The van der Waals surface area contributed by atoms with Gasteiger partial charge in [-0.3, -0.25) is 9.59 Å². The van der Waals surface area contributed by atoms with Gasteiger partial charge in [0.1, 0.15) is 5.92 Å². The SMILES string of the molecule is CN1C(=O)[C@H]2CC1(c1ccccc1)c1ccccc1NC2=O. The van der Waals surface area contributed by atoms with Crippen molar-refractivity contribution >= 4 is 17.5 Å². The molecule has 1 N–H and O–H groups in total. The van der Waals surface area contributed by atoms with Gasteiger partial charge in [-0.1, -0.05) is 48.5 Å². The summed E-state index contributed by atoms with van der Waals surface area (Å²) in [6, 6.07) is 17.7. The minimum absolute atomic E-state index is 0.115. The molecule has 0 aliphatic carbocycles. The van der Waals surface area contributed by atoms with Crippen molar-refractivity contribution in [3.63, 3.8) is 0 Å². The zero-order valence-corrected chi connectivity index (χ0v) is 12.2. The fourth-order valence-electron chi connectivity index (χ4n) is 3.79. The van der Waals surface area contributed by atoms with E-state index in [2.05, 4.69) is 5.32 Å². The molecule has 0 spiro atoms. The minimum Gasteiger partial charge on any atom is -0.331 e. The zero-order chi connectivity index (χ0) is 15.3. The van der Waals surface area contributed by atoms with Crippen molar-refractivity contribution in [2.75, 3.05) is 12.4 Å². The van der Waals surface area contributed by atoms with E-state index in [1.165, 1.54) is 0 Å². The van der Waals surface area contributed by atoms with Gasteiger partial charge >= 0.3 is 0 Å². The largest absolute Gasteiger partial charge is 0.331 e. The third-order valence-electron chi connectivity index (χ3n) is 4.90. The van der Waals surface area contributed by atoms with Gasteiger partial charge < -0.3 is 10.2 Å². The van der Waals surface area contributed by atoms with Crippen LogP contribution in [0.1, 0.15) is 17.5 Å². The molecule has 0 radical (unpaired) electrons. The first kappa shape index (κ1) is 13.1. The lowest BCUT2D eigenvalue weighted by atomic mass is 9.79. The Labute approximate surface area is 128 Å². The maximum atomic E-state index is 12.6. The molecule has 1 fully saturated rings. The molecule has 2 aliphatic heterocycles. The van der Waals surface area contributed by atoms with Gasteiger partial charge in [0, 0.05) is 18.3 Å². The van der Waals surface area contributed by atoms with Crippen LogP contribution in [-0.4, -0.2) is 23.8 Å². The summed E-state index contributed by atoms with van der Waals surface area (Å²) >= 11 is 0. The number of rotatable bonds is 1. The molecule has 4 nitrogen and oxygen atoms in total. The maximum absolute atomic E-state index is 12.6. The van der Waals surface area contributed by atoms with E-state index >= 15 is 0 Å². The smallest absolute Gasteiger partial charge is 0.237 e. The van der Waals surface area contributed by atoms with E-state index in [-0.39, 0.29) is 11.8 Å². The number of carbonyl (C=O) groups excluding carboxylic acids is 2. The van der Waals surface area contributed by atoms with Crippen LogP contribution in [0.15, 0.2) is 54.6 Å². The van der Waals surface area contributed by atoms with Crippen LogP contribution in [0.4, 0.5) is 5.69 Å². The van der Waals surface area contributed by atoms with Crippen LogP contribution in [-0.2, 0) is 15.1 Å². The number of benzene rings is 2. The summed E-state index contributed by atoms with van der Waals surface area (Å²) in [4.78, 5) is 26.7. The molecule has 2 aromatic carbocycles. The number of nitrogens with one attached hydrogen (secondary N) is 1. The topological polar surface area (TPSA) is 49.4 Å². The summed E-state index contributed by atoms with van der Waals surface area (Å²) in [5.74, 6) is -0.951. The van der Waals surface area contributed by atoms with E-state index in [9.17, 15) is 9.59 Å². The van der Waals surface area contributed by atoms with Gasteiger partial charge in [0.2, 0.25) is 11.8 Å². The number of hydrogen-bond donors (Lipinski definition) is 1. The third-order valence-corrected chi connectivity index (χ3v) is 4.90. The van der Waals surface area contributed by atoms with E-state index in [0.717, 1.165) is 16.8 Å². The molecule has 2 heterocycles. The van der Waals surface area contributed by atoms with Crippen molar-refractivity contribution in [2.45, 2.75) is 12.0 Å². The average molecular weight is 292 g/mol. The molecule has 110 valence electrons. The number of carbonyl (C=O) groups is 2. The average Bonchev–Trinajstić information content (AvgIpc) is 2.74. The standard InChI is InChI=1S/C18H16N2O2/c1-20-17(22)13-11-18(20,12-7-3-2-4-8-12)14-9-5-6-10-15(14)19-16(13)21/h2-10,13H,11H2,1H3,(H,19,21)/t13-,18?/m0/s1. The normalized spacial score (nSPS) is 26.4. The molecule has 2 aliphatic rings. The highest BCUT2D eigenvalue weighted by Crippen LogP contribution is 2.50. The van der Waals surface area contributed by atoms with Crippen LogP contribution in [0.3, 0.4) is 0 Å². The van der Waals surface area contributed by atoms with Gasteiger partial charge in [-0.05, 0) is 18.1 Å². The molecule has 2 amide bonds. The summed E-state index contributed by atoms with van der Waals surface area (Å²) < 4.78 is 0. The first-order chi connectivity index (χ1) is 10.6. The third kappa shape index (κ3) is 1.52. The Morgan fingerprint density at radius 3 is 2.50 bits per heavy atom. The highest BCUT2D eigenvalue weighted by Gasteiger charge is 2.56. The molecule has 1 unspecified atom stereocenters. The minimum atomic E-state index is -0.627. The molecule has 2 aromatic rings. The van der Waals surface area contributed by atoms with Gasteiger partial charge in [0.15, 0.2) is 0 Å². The van der Waals surface area contributed by atoms with Gasteiger partial charge in [-0.15, -0.1) is 0 Å². The quantitative estimate of drug-likeness (QED) is 0.820. The van der Waals surface area contributed by atoms with E-state index < -0.39 is 11.5 Å². The molecular weight excluding hydrogens is 276 g/mol. The summed E-state index contributed by atoms with van der Waals surface area (Å²) in [7, 11) is 1.80. The van der Waals surface area contributed by atoms with Gasteiger partial charge in [-0.25, -0.2) is 0 Å². The summed E-state index contributed by atoms with van der Waals surface area (Å²) in [5, 5.41) is 2.91. The van der Waals surface area contributed by atoms with Crippen molar-refractivity contribution in [1.29, 1.82) is 0 Å². The van der Waals surface area contributed by atoms with Crippen LogP contribution < -0.4 is 5.32 Å². The van der Waals surface area contributed by atoms with Crippen LogP contribution in [0, 0.1) is 5.92 Å². The van der Waals surface area contributed by atoms with Crippen molar-refractivity contribution in [3.8, 4) is 0 Å². The first-order valence-corrected chi connectivity index (χ1v) is 7.38. The van der Waals surface area contributed by atoms with Crippen LogP contribution in [0.2, 0.25) is 0 Å². The Hall–Kier alpha value is -2.62. The number of anilines is 1. The Morgan fingerprint density at radius 2 is 1.73 bits per heavy atom. The number of likely N-dealkylation sites (tertiary alicyclic amines) is 1. The number of fused-ring (bicyclic) bond motifs is 4. The van der Waals surface area contributed by atoms with Gasteiger partial charge in [0.25, 0.3) is 0 Å². The lowest BCUT2D eigenvalue weighted by Crippen LogP contribution is -2.43. The molecule has 22 heavy (non-hydrogen) atoms. The molecule has 2 atom stereocenters. The Morgan fingerprint density at radius 1 is 1.05 bits per heavy atom. The first-order valence-electron chi connectivity index (χ1n) is 7.38. The second-order valence-electron chi connectivity index (χ2n) is 5.92. The fourth-order valence-corrected chi connectivity index (χ4v) is 3.79. The number of amides is 2. The highest BCUT2D eigenvalue weighted by atomic mass is 16.2. The van der Waals surface area contributed by atoms with E-state index in [0.29, 0.717) is 6.42 Å². The Bertz CT molecular complexity index is 772.